The lowest BCUT2D eigenvalue weighted by Crippen LogP contribution is -2.36. The SMILES string of the molecule is N#C[C@@]12CCC[C@H]1CCCC2=O. The number of fused-ring (bicyclic) bond motifs is 1. The van der Waals surface area contributed by atoms with Crippen molar-refractivity contribution in [2.75, 3.05) is 0 Å². The van der Waals surface area contributed by atoms with Gasteiger partial charge in [-0.3, -0.25) is 4.79 Å². The minimum atomic E-state index is -0.543. The van der Waals surface area contributed by atoms with Crippen LogP contribution in [0.25, 0.3) is 0 Å². The Morgan fingerprint density at radius 3 is 2.83 bits per heavy atom. The van der Waals surface area contributed by atoms with Crippen molar-refractivity contribution in [3.05, 3.63) is 0 Å². The van der Waals surface area contributed by atoms with Gasteiger partial charge in [0.15, 0.2) is 5.78 Å². The van der Waals surface area contributed by atoms with E-state index in [4.69, 9.17) is 5.26 Å². The van der Waals surface area contributed by atoms with Gasteiger partial charge in [-0.05, 0) is 31.6 Å². The third-order valence-electron chi connectivity index (χ3n) is 3.47. The molecule has 2 heteroatoms. The highest BCUT2D eigenvalue weighted by atomic mass is 16.1. The Morgan fingerprint density at radius 1 is 1.42 bits per heavy atom. The molecular formula is C10H13NO. The van der Waals surface area contributed by atoms with Crippen LogP contribution in [-0.2, 0) is 4.79 Å². The first-order valence-electron chi connectivity index (χ1n) is 4.74. The molecule has 2 aliphatic rings. The summed E-state index contributed by atoms with van der Waals surface area (Å²) in [6.45, 7) is 0. The van der Waals surface area contributed by atoms with Crippen LogP contribution in [0.2, 0.25) is 0 Å². The van der Waals surface area contributed by atoms with Gasteiger partial charge in [0.1, 0.15) is 5.41 Å². The first-order chi connectivity index (χ1) is 5.79. The Bertz CT molecular complexity index is 253. The molecule has 0 N–H and O–H groups in total. The molecule has 2 rings (SSSR count). The third kappa shape index (κ3) is 0.827. The van der Waals surface area contributed by atoms with Gasteiger partial charge in [-0.25, -0.2) is 0 Å². The normalized spacial score (nSPS) is 40.6. The van der Waals surface area contributed by atoms with Crippen LogP contribution in [0, 0.1) is 22.7 Å². The Kier molecular flexibility index (Phi) is 1.68. The van der Waals surface area contributed by atoms with Crippen molar-refractivity contribution in [1.29, 1.82) is 5.26 Å². The van der Waals surface area contributed by atoms with Crippen LogP contribution in [0.4, 0.5) is 0 Å². The highest BCUT2D eigenvalue weighted by Gasteiger charge is 2.50. The molecule has 2 aliphatic carbocycles. The number of nitrogens with zero attached hydrogens (tertiary/aromatic N) is 1. The van der Waals surface area contributed by atoms with Crippen molar-refractivity contribution in [2.45, 2.75) is 38.5 Å². The molecule has 0 aromatic heterocycles. The van der Waals surface area contributed by atoms with Crippen molar-refractivity contribution >= 4 is 5.78 Å². The zero-order chi connectivity index (χ0) is 8.60. The number of hydrogen-bond donors (Lipinski definition) is 0. The summed E-state index contributed by atoms with van der Waals surface area (Å²) in [6.07, 6.45) is 5.74. The van der Waals surface area contributed by atoms with Crippen LogP contribution in [0.5, 0.6) is 0 Å². The van der Waals surface area contributed by atoms with Crippen molar-refractivity contribution in [2.24, 2.45) is 11.3 Å². The van der Waals surface area contributed by atoms with E-state index in [9.17, 15) is 4.79 Å². The first-order valence-corrected chi connectivity index (χ1v) is 4.74. The van der Waals surface area contributed by atoms with Crippen molar-refractivity contribution in [1.82, 2.24) is 0 Å². The maximum Gasteiger partial charge on any atom is 0.153 e. The first kappa shape index (κ1) is 7.79. The van der Waals surface area contributed by atoms with Crippen LogP contribution in [0.3, 0.4) is 0 Å². The number of rotatable bonds is 0. The smallest absolute Gasteiger partial charge is 0.153 e. The maximum absolute atomic E-state index is 11.6. The second kappa shape index (κ2) is 2.58. The predicted octanol–water partition coefficient (Wildman–Crippen LogP) is 2.05. The maximum atomic E-state index is 11.6. The Balaban J connectivity index is 2.34. The molecule has 0 aromatic rings. The number of nitriles is 1. The molecule has 0 aromatic carbocycles. The molecule has 0 aliphatic heterocycles. The van der Waals surface area contributed by atoms with Crippen molar-refractivity contribution in [3.63, 3.8) is 0 Å². The Morgan fingerprint density at radius 2 is 2.17 bits per heavy atom. The van der Waals surface area contributed by atoms with Crippen LogP contribution < -0.4 is 0 Å². The Hall–Kier alpha value is -0.840. The van der Waals surface area contributed by atoms with E-state index in [1.54, 1.807) is 0 Å². The standard InChI is InChI=1S/C10H13NO/c11-7-10-6-2-4-8(10)3-1-5-9(10)12/h8H,1-6H2/t8-,10+/m1/s1. The van der Waals surface area contributed by atoms with E-state index < -0.39 is 5.41 Å². The molecule has 2 nitrogen and oxygen atoms in total. The summed E-state index contributed by atoms with van der Waals surface area (Å²) in [6, 6.07) is 2.28. The predicted molar refractivity (Wildman–Crippen MR) is 44.2 cm³/mol. The van der Waals surface area contributed by atoms with Gasteiger partial charge < -0.3 is 0 Å². The molecule has 0 bridgehead atoms. The van der Waals surface area contributed by atoms with E-state index in [1.165, 1.54) is 0 Å². The largest absolute Gasteiger partial charge is 0.298 e. The molecule has 0 heterocycles. The lowest BCUT2D eigenvalue weighted by atomic mass is 9.68. The zero-order valence-electron chi connectivity index (χ0n) is 7.18. The average molecular weight is 163 g/mol. The molecule has 2 atom stereocenters. The lowest BCUT2D eigenvalue weighted by molar-refractivity contribution is -0.129. The quantitative estimate of drug-likeness (QED) is 0.548. The minimum Gasteiger partial charge on any atom is -0.298 e. The molecule has 0 unspecified atom stereocenters. The van der Waals surface area contributed by atoms with Crippen LogP contribution in [0.15, 0.2) is 0 Å². The summed E-state index contributed by atoms with van der Waals surface area (Å²) in [5.74, 6) is 0.613. The summed E-state index contributed by atoms with van der Waals surface area (Å²) in [7, 11) is 0. The summed E-state index contributed by atoms with van der Waals surface area (Å²) in [5.41, 5.74) is -0.543. The van der Waals surface area contributed by atoms with Crippen LogP contribution >= 0.6 is 0 Å². The fourth-order valence-corrected chi connectivity index (χ4v) is 2.78. The van der Waals surface area contributed by atoms with Crippen molar-refractivity contribution < 1.29 is 4.79 Å². The topological polar surface area (TPSA) is 40.9 Å². The van der Waals surface area contributed by atoms with Gasteiger partial charge in [0.2, 0.25) is 0 Å². The van der Waals surface area contributed by atoms with Crippen LogP contribution in [0.1, 0.15) is 38.5 Å². The molecule has 2 fully saturated rings. The summed E-state index contributed by atoms with van der Waals surface area (Å²) >= 11 is 0. The molecule has 0 amide bonds. The molecule has 64 valence electrons. The van der Waals surface area contributed by atoms with Crippen molar-refractivity contribution in [3.8, 4) is 6.07 Å². The molecule has 0 saturated heterocycles. The van der Waals surface area contributed by atoms with E-state index in [0.717, 1.165) is 32.1 Å². The van der Waals surface area contributed by atoms with E-state index in [0.29, 0.717) is 12.3 Å². The molecule has 12 heavy (non-hydrogen) atoms. The highest BCUT2D eigenvalue weighted by Crippen LogP contribution is 2.49. The highest BCUT2D eigenvalue weighted by molar-refractivity contribution is 5.88. The monoisotopic (exact) mass is 163 g/mol. The fraction of sp³-hybridized carbons (Fsp3) is 0.800. The second-order valence-electron chi connectivity index (χ2n) is 3.99. The van der Waals surface area contributed by atoms with Gasteiger partial charge in [-0.2, -0.15) is 5.26 Å². The second-order valence-corrected chi connectivity index (χ2v) is 3.99. The van der Waals surface area contributed by atoms with Gasteiger partial charge in [-0.15, -0.1) is 0 Å². The zero-order valence-corrected chi connectivity index (χ0v) is 7.18. The lowest BCUT2D eigenvalue weighted by Gasteiger charge is -2.31. The van der Waals surface area contributed by atoms with Gasteiger partial charge in [0.25, 0.3) is 0 Å². The van der Waals surface area contributed by atoms with Gasteiger partial charge in [-0.1, -0.05) is 6.42 Å². The molecular weight excluding hydrogens is 150 g/mol. The third-order valence-corrected chi connectivity index (χ3v) is 3.47. The molecule has 0 radical (unpaired) electrons. The summed E-state index contributed by atoms with van der Waals surface area (Å²) < 4.78 is 0. The minimum absolute atomic E-state index is 0.221. The summed E-state index contributed by atoms with van der Waals surface area (Å²) in [5, 5.41) is 9.05. The van der Waals surface area contributed by atoms with E-state index in [1.807, 2.05) is 0 Å². The molecule has 0 spiro atoms. The molecule has 2 saturated carbocycles. The van der Waals surface area contributed by atoms with E-state index >= 15 is 0 Å². The number of carbonyl (C=O) groups is 1. The van der Waals surface area contributed by atoms with Gasteiger partial charge in [0.05, 0.1) is 6.07 Å². The van der Waals surface area contributed by atoms with Gasteiger partial charge in [0, 0.05) is 6.42 Å². The van der Waals surface area contributed by atoms with Gasteiger partial charge >= 0.3 is 0 Å². The van der Waals surface area contributed by atoms with E-state index in [2.05, 4.69) is 6.07 Å². The number of Topliss-reactive ketones (excluding diaryl/α,β-unsaturated/α-hetero) is 1. The summed E-state index contributed by atoms with van der Waals surface area (Å²) in [4.78, 5) is 11.6. The average Bonchev–Trinajstić information content (AvgIpc) is 2.50. The fourth-order valence-electron chi connectivity index (χ4n) is 2.78. The van der Waals surface area contributed by atoms with E-state index in [-0.39, 0.29) is 5.78 Å². The number of carbonyl (C=O) groups excluding carboxylic acids is 1. The number of hydrogen-bond acceptors (Lipinski definition) is 2. The van der Waals surface area contributed by atoms with Crippen LogP contribution in [-0.4, -0.2) is 5.78 Å². The number of ketones is 1. The Labute approximate surface area is 72.6 Å².